The zero-order valence-corrected chi connectivity index (χ0v) is 19.2. The Morgan fingerprint density at radius 2 is 1.81 bits per heavy atom. The van der Waals surface area contributed by atoms with E-state index < -0.39 is 11.5 Å². The zero-order valence-electron chi connectivity index (χ0n) is 19.2. The number of fused-ring (bicyclic) bond motifs is 1. The van der Waals surface area contributed by atoms with Crippen LogP contribution in [0.25, 0.3) is 10.9 Å². The van der Waals surface area contributed by atoms with Crippen LogP contribution in [0.3, 0.4) is 0 Å². The predicted molar refractivity (Wildman–Crippen MR) is 123 cm³/mol. The molecule has 0 aliphatic rings. The standard InChI is InChI=1S/C24H33N5O3/c1-24(2,3)22(19(30)13-7-8-14-20(26)31)27-23(32)21-17-11-5-6-12-18(17)29(28-21)16-10-4-9-15-25/h5-6,11-12,22H,4,7-10,13-14,16H2,1-3H3,(H2,26,31)(H,27,32)/t22-/m1/s1. The molecule has 2 aromatic rings. The highest BCUT2D eigenvalue weighted by molar-refractivity contribution is 6.06. The molecule has 0 radical (unpaired) electrons. The number of hydrogen-bond acceptors (Lipinski definition) is 5. The molecule has 0 aliphatic carbocycles. The fourth-order valence-corrected chi connectivity index (χ4v) is 3.65. The summed E-state index contributed by atoms with van der Waals surface area (Å²) in [4.78, 5) is 37.0. The highest BCUT2D eigenvalue weighted by Crippen LogP contribution is 2.24. The van der Waals surface area contributed by atoms with Crippen molar-refractivity contribution in [1.82, 2.24) is 15.1 Å². The molecule has 1 aromatic heterocycles. The van der Waals surface area contributed by atoms with Gasteiger partial charge >= 0.3 is 0 Å². The number of nitrogens with two attached hydrogens (primary N) is 1. The van der Waals surface area contributed by atoms with Crippen molar-refractivity contribution in [2.24, 2.45) is 11.1 Å². The number of primary amides is 1. The molecule has 0 saturated carbocycles. The first-order chi connectivity index (χ1) is 15.1. The fraction of sp³-hybridized carbons (Fsp3) is 0.542. The molecule has 2 amide bonds. The summed E-state index contributed by atoms with van der Waals surface area (Å²) in [6.45, 7) is 6.33. The van der Waals surface area contributed by atoms with Gasteiger partial charge in [-0.1, -0.05) is 39.0 Å². The van der Waals surface area contributed by atoms with E-state index in [2.05, 4.69) is 16.5 Å². The number of carbonyl (C=O) groups excluding carboxylic acids is 3. The van der Waals surface area contributed by atoms with Crippen molar-refractivity contribution in [2.75, 3.05) is 0 Å². The summed E-state index contributed by atoms with van der Waals surface area (Å²) in [6.07, 6.45) is 3.65. The Labute approximate surface area is 189 Å². The van der Waals surface area contributed by atoms with Gasteiger partial charge in [-0.3, -0.25) is 19.1 Å². The van der Waals surface area contributed by atoms with Crippen LogP contribution in [-0.4, -0.2) is 33.4 Å². The number of aryl methyl sites for hydroxylation is 1. The van der Waals surface area contributed by atoms with E-state index in [9.17, 15) is 14.4 Å². The summed E-state index contributed by atoms with van der Waals surface area (Å²) >= 11 is 0. The number of hydrogen-bond donors (Lipinski definition) is 2. The van der Waals surface area contributed by atoms with Gasteiger partial charge in [-0.2, -0.15) is 10.4 Å². The molecule has 1 heterocycles. The van der Waals surface area contributed by atoms with Crippen molar-refractivity contribution in [3.63, 3.8) is 0 Å². The van der Waals surface area contributed by atoms with Gasteiger partial charge in [-0.15, -0.1) is 0 Å². The number of nitriles is 1. The predicted octanol–water partition coefficient (Wildman–Crippen LogP) is 3.49. The van der Waals surface area contributed by atoms with Crippen molar-refractivity contribution >= 4 is 28.5 Å². The van der Waals surface area contributed by atoms with Crippen LogP contribution in [0.1, 0.15) is 76.2 Å². The summed E-state index contributed by atoms with van der Waals surface area (Å²) in [6, 6.07) is 8.96. The number of Topliss-reactive ketones (excluding diaryl/α,β-unsaturated/α-hetero) is 1. The first-order valence-electron chi connectivity index (χ1n) is 11.1. The molecule has 32 heavy (non-hydrogen) atoms. The molecule has 0 unspecified atom stereocenters. The SMILES string of the molecule is CC(C)(C)[C@H](NC(=O)c1nn(CCCCC#N)c2ccccc12)C(=O)CCCCC(N)=O. The van der Waals surface area contributed by atoms with Crippen LogP contribution in [0.15, 0.2) is 24.3 Å². The highest BCUT2D eigenvalue weighted by Gasteiger charge is 2.33. The summed E-state index contributed by atoms with van der Waals surface area (Å²) in [7, 11) is 0. The first-order valence-corrected chi connectivity index (χ1v) is 11.1. The Balaban J connectivity index is 2.18. The minimum absolute atomic E-state index is 0.0736. The topological polar surface area (TPSA) is 131 Å². The number of para-hydroxylation sites is 1. The van der Waals surface area contributed by atoms with Gasteiger partial charge in [0.05, 0.1) is 17.6 Å². The quantitative estimate of drug-likeness (QED) is 0.489. The van der Waals surface area contributed by atoms with Crippen molar-refractivity contribution in [1.29, 1.82) is 5.26 Å². The molecule has 0 fully saturated rings. The molecule has 0 saturated heterocycles. The van der Waals surface area contributed by atoms with Gasteiger partial charge in [-0.05, 0) is 37.2 Å². The molecule has 8 nitrogen and oxygen atoms in total. The van der Waals surface area contributed by atoms with Gasteiger partial charge in [0.25, 0.3) is 5.91 Å². The third-order valence-electron chi connectivity index (χ3n) is 5.34. The van der Waals surface area contributed by atoms with E-state index in [1.807, 2.05) is 45.0 Å². The Morgan fingerprint density at radius 1 is 1.12 bits per heavy atom. The van der Waals surface area contributed by atoms with Crippen LogP contribution in [0.2, 0.25) is 0 Å². The molecule has 0 bridgehead atoms. The Bertz CT molecular complexity index is 997. The number of nitrogens with one attached hydrogen (secondary N) is 1. The van der Waals surface area contributed by atoms with Crippen LogP contribution in [0, 0.1) is 16.7 Å². The van der Waals surface area contributed by atoms with Crippen LogP contribution >= 0.6 is 0 Å². The number of rotatable bonds is 12. The Hall–Kier alpha value is -3.21. The van der Waals surface area contributed by atoms with E-state index in [4.69, 9.17) is 11.0 Å². The lowest BCUT2D eigenvalue weighted by molar-refractivity contribution is -0.123. The molecule has 3 N–H and O–H groups in total. The third kappa shape index (κ3) is 6.91. The Morgan fingerprint density at radius 3 is 2.47 bits per heavy atom. The molecule has 172 valence electrons. The van der Waals surface area contributed by atoms with Crippen molar-refractivity contribution in [3.05, 3.63) is 30.0 Å². The van der Waals surface area contributed by atoms with Crippen LogP contribution in [0.5, 0.6) is 0 Å². The lowest BCUT2D eigenvalue weighted by Gasteiger charge is -2.30. The smallest absolute Gasteiger partial charge is 0.273 e. The number of benzene rings is 1. The average Bonchev–Trinajstić information content (AvgIpc) is 3.10. The summed E-state index contributed by atoms with van der Waals surface area (Å²) in [5, 5.41) is 16.9. The number of ketones is 1. The molecule has 0 aliphatic heterocycles. The lowest BCUT2D eigenvalue weighted by atomic mass is 9.82. The van der Waals surface area contributed by atoms with E-state index >= 15 is 0 Å². The molecule has 0 spiro atoms. The number of aromatic nitrogens is 2. The molecular formula is C24H33N5O3. The molecule has 8 heteroatoms. The van der Waals surface area contributed by atoms with E-state index in [0.717, 1.165) is 23.7 Å². The monoisotopic (exact) mass is 439 g/mol. The zero-order chi connectivity index (χ0) is 23.7. The van der Waals surface area contributed by atoms with Gasteiger partial charge in [0, 0.05) is 31.2 Å². The number of carbonyl (C=O) groups is 3. The highest BCUT2D eigenvalue weighted by atomic mass is 16.2. The van der Waals surface area contributed by atoms with Crippen LogP contribution in [0.4, 0.5) is 0 Å². The minimum Gasteiger partial charge on any atom is -0.370 e. The maximum Gasteiger partial charge on any atom is 0.273 e. The Kier molecular flexibility index (Phi) is 8.94. The molecule has 1 atom stereocenters. The summed E-state index contributed by atoms with van der Waals surface area (Å²) in [5.41, 5.74) is 5.81. The summed E-state index contributed by atoms with van der Waals surface area (Å²) in [5.74, 6) is -0.842. The van der Waals surface area contributed by atoms with E-state index in [1.54, 1.807) is 4.68 Å². The van der Waals surface area contributed by atoms with Gasteiger partial charge in [-0.25, -0.2) is 0 Å². The van der Waals surface area contributed by atoms with Crippen LogP contribution in [-0.2, 0) is 16.1 Å². The van der Waals surface area contributed by atoms with Crippen molar-refractivity contribution in [3.8, 4) is 6.07 Å². The van der Waals surface area contributed by atoms with Gasteiger partial charge < -0.3 is 11.1 Å². The fourth-order valence-electron chi connectivity index (χ4n) is 3.65. The maximum atomic E-state index is 13.2. The second-order valence-corrected chi connectivity index (χ2v) is 9.12. The second-order valence-electron chi connectivity index (χ2n) is 9.12. The number of unbranched alkanes of at least 4 members (excludes halogenated alkanes) is 3. The lowest BCUT2D eigenvalue weighted by Crippen LogP contribution is -2.49. The minimum atomic E-state index is -0.678. The second kappa shape index (κ2) is 11.4. The average molecular weight is 440 g/mol. The van der Waals surface area contributed by atoms with Gasteiger partial charge in [0.2, 0.25) is 5.91 Å². The van der Waals surface area contributed by atoms with Crippen LogP contribution < -0.4 is 11.1 Å². The number of amides is 2. The largest absolute Gasteiger partial charge is 0.370 e. The third-order valence-corrected chi connectivity index (χ3v) is 5.34. The van der Waals surface area contributed by atoms with Crippen molar-refractivity contribution in [2.45, 2.75) is 78.3 Å². The maximum absolute atomic E-state index is 13.2. The van der Waals surface area contributed by atoms with E-state index in [-0.39, 0.29) is 36.1 Å². The van der Waals surface area contributed by atoms with E-state index in [0.29, 0.717) is 25.8 Å². The molecular weight excluding hydrogens is 406 g/mol. The molecule has 2 rings (SSSR count). The normalized spacial score (nSPS) is 12.3. The van der Waals surface area contributed by atoms with Crippen molar-refractivity contribution < 1.29 is 14.4 Å². The first kappa shape index (κ1) is 25.1. The van der Waals surface area contributed by atoms with Gasteiger partial charge in [0.1, 0.15) is 0 Å². The summed E-state index contributed by atoms with van der Waals surface area (Å²) < 4.78 is 1.79. The number of nitrogens with zero attached hydrogens (tertiary/aromatic N) is 3. The van der Waals surface area contributed by atoms with E-state index in [1.165, 1.54) is 0 Å². The molecule has 1 aromatic carbocycles. The van der Waals surface area contributed by atoms with Gasteiger partial charge in [0.15, 0.2) is 11.5 Å².